The second kappa shape index (κ2) is 4.28. The first-order valence-corrected chi connectivity index (χ1v) is 4.95. The van der Waals surface area contributed by atoms with Gasteiger partial charge in [-0.25, -0.2) is 0 Å². The number of nitrogens with one attached hydrogen (secondary N) is 1. The van der Waals surface area contributed by atoms with E-state index in [1.165, 1.54) is 0 Å². The normalized spacial score (nSPS) is 10.0. The summed E-state index contributed by atoms with van der Waals surface area (Å²) < 4.78 is 0. The van der Waals surface area contributed by atoms with Crippen molar-refractivity contribution in [3.63, 3.8) is 0 Å². The molecule has 0 amide bonds. The predicted octanol–water partition coefficient (Wildman–Crippen LogP) is 3.18. The summed E-state index contributed by atoms with van der Waals surface area (Å²) in [7, 11) is 0. The van der Waals surface area contributed by atoms with Crippen LogP contribution in [0.2, 0.25) is 5.02 Å². The molecule has 0 atom stereocenters. The number of aromatic nitrogens is 2. The molecule has 76 valence electrons. The fourth-order valence-electron chi connectivity index (χ4n) is 1.15. The summed E-state index contributed by atoms with van der Waals surface area (Å²) in [5.41, 5.74) is 1.84. The van der Waals surface area contributed by atoms with E-state index >= 15 is 0 Å². The summed E-state index contributed by atoms with van der Waals surface area (Å²) in [5, 5.41) is 11.8. The van der Waals surface area contributed by atoms with Crippen LogP contribution in [0.3, 0.4) is 0 Å². The summed E-state index contributed by atoms with van der Waals surface area (Å²) in [6.07, 6.45) is 0. The number of halogens is 1. The Morgan fingerprint density at radius 3 is 2.33 bits per heavy atom. The highest BCUT2D eigenvalue weighted by atomic mass is 35.5. The number of hydrogen-bond acceptors (Lipinski definition) is 3. The lowest BCUT2D eigenvalue weighted by molar-refractivity contribution is 0.986. The average molecular weight is 220 g/mol. The van der Waals surface area contributed by atoms with Gasteiger partial charge in [0.15, 0.2) is 5.82 Å². The maximum Gasteiger partial charge on any atom is 0.153 e. The van der Waals surface area contributed by atoms with Crippen molar-refractivity contribution in [3.05, 3.63) is 47.1 Å². The Hall–Kier alpha value is -1.61. The third kappa shape index (κ3) is 2.67. The van der Waals surface area contributed by atoms with Gasteiger partial charge < -0.3 is 5.32 Å². The van der Waals surface area contributed by atoms with Crippen LogP contribution in [-0.2, 0) is 0 Å². The minimum Gasteiger partial charge on any atom is -0.339 e. The van der Waals surface area contributed by atoms with Crippen molar-refractivity contribution in [2.24, 2.45) is 0 Å². The highest BCUT2D eigenvalue weighted by Crippen LogP contribution is 2.16. The van der Waals surface area contributed by atoms with Crippen LogP contribution in [0.4, 0.5) is 11.5 Å². The van der Waals surface area contributed by atoms with Crippen LogP contribution in [-0.4, -0.2) is 10.2 Å². The van der Waals surface area contributed by atoms with Crippen LogP contribution in [0.1, 0.15) is 5.69 Å². The van der Waals surface area contributed by atoms with Crippen molar-refractivity contribution in [2.45, 2.75) is 6.92 Å². The third-order valence-electron chi connectivity index (χ3n) is 1.91. The Labute approximate surface area is 93.1 Å². The van der Waals surface area contributed by atoms with E-state index in [1.54, 1.807) is 0 Å². The van der Waals surface area contributed by atoms with Gasteiger partial charge in [-0.3, -0.25) is 0 Å². The van der Waals surface area contributed by atoms with Crippen LogP contribution in [0.5, 0.6) is 0 Å². The highest BCUT2D eigenvalue weighted by Gasteiger charge is 1.96. The van der Waals surface area contributed by atoms with Crippen molar-refractivity contribution in [1.29, 1.82) is 0 Å². The van der Waals surface area contributed by atoms with E-state index in [1.807, 2.05) is 43.3 Å². The number of aryl methyl sites for hydroxylation is 1. The molecule has 1 aromatic heterocycles. The zero-order valence-electron chi connectivity index (χ0n) is 8.24. The van der Waals surface area contributed by atoms with Crippen molar-refractivity contribution >= 4 is 23.1 Å². The topological polar surface area (TPSA) is 37.8 Å². The average Bonchev–Trinajstić information content (AvgIpc) is 2.25. The quantitative estimate of drug-likeness (QED) is 0.843. The molecule has 2 aromatic rings. The molecule has 1 N–H and O–H groups in total. The van der Waals surface area contributed by atoms with Gasteiger partial charge in [0.25, 0.3) is 0 Å². The third-order valence-corrected chi connectivity index (χ3v) is 2.17. The lowest BCUT2D eigenvalue weighted by Crippen LogP contribution is -1.95. The van der Waals surface area contributed by atoms with Crippen LogP contribution in [0.25, 0.3) is 0 Å². The summed E-state index contributed by atoms with van der Waals surface area (Å²) in [6.45, 7) is 1.90. The molecule has 1 aromatic carbocycles. The van der Waals surface area contributed by atoms with Gasteiger partial charge in [0.05, 0.1) is 5.69 Å². The number of benzene rings is 1. The Kier molecular flexibility index (Phi) is 2.83. The molecule has 0 aliphatic carbocycles. The molecule has 0 bridgehead atoms. The molecule has 0 unspecified atom stereocenters. The molecule has 0 saturated heterocycles. The van der Waals surface area contributed by atoms with Crippen molar-refractivity contribution in [1.82, 2.24) is 10.2 Å². The molecule has 0 radical (unpaired) electrons. The zero-order chi connectivity index (χ0) is 10.7. The maximum atomic E-state index is 5.78. The smallest absolute Gasteiger partial charge is 0.153 e. The number of nitrogens with zero attached hydrogens (tertiary/aromatic N) is 2. The zero-order valence-corrected chi connectivity index (χ0v) is 8.99. The van der Waals surface area contributed by atoms with Gasteiger partial charge >= 0.3 is 0 Å². The second-order valence-electron chi connectivity index (χ2n) is 3.19. The summed E-state index contributed by atoms with van der Waals surface area (Å²) >= 11 is 5.78. The largest absolute Gasteiger partial charge is 0.339 e. The minimum absolute atomic E-state index is 0.718. The van der Waals surface area contributed by atoms with Gasteiger partial charge in [-0.15, -0.1) is 5.10 Å². The van der Waals surface area contributed by atoms with E-state index in [0.29, 0.717) is 0 Å². The van der Waals surface area contributed by atoms with Gasteiger partial charge in [0, 0.05) is 10.7 Å². The fraction of sp³-hybridized carbons (Fsp3) is 0.0909. The van der Waals surface area contributed by atoms with Crippen molar-refractivity contribution < 1.29 is 0 Å². The highest BCUT2D eigenvalue weighted by molar-refractivity contribution is 6.30. The maximum absolute atomic E-state index is 5.78. The molecule has 0 aliphatic heterocycles. The SMILES string of the molecule is Cc1ccc(Nc2ccc(Cl)cc2)nn1. The molecule has 0 saturated carbocycles. The van der Waals surface area contributed by atoms with Crippen LogP contribution < -0.4 is 5.32 Å². The van der Waals surface area contributed by atoms with Crippen molar-refractivity contribution in [3.8, 4) is 0 Å². The molecule has 15 heavy (non-hydrogen) atoms. The minimum atomic E-state index is 0.718. The van der Waals surface area contributed by atoms with Crippen LogP contribution >= 0.6 is 11.6 Å². The standard InChI is InChI=1S/C11H10ClN3/c1-8-2-7-11(15-14-8)13-10-5-3-9(12)4-6-10/h2-7H,1H3,(H,13,15). The monoisotopic (exact) mass is 219 g/mol. The molecule has 4 heteroatoms. The van der Waals surface area contributed by atoms with Gasteiger partial charge in [0.2, 0.25) is 0 Å². The lowest BCUT2D eigenvalue weighted by atomic mass is 10.3. The first kappa shape index (κ1) is 9.93. The van der Waals surface area contributed by atoms with Gasteiger partial charge in [-0.2, -0.15) is 5.10 Å². The van der Waals surface area contributed by atoms with Gasteiger partial charge in [-0.1, -0.05) is 11.6 Å². The fourth-order valence-corrected chi connectivity index (χ4v) is 1.27. The summed E-state index contributed by atoms with van der Waals surface area (Å²) in [6, 6.07) is 11.2. The molecule has 1 heterocycles. The number of anilines is 2. The molecule has 0 spiro atoms. The van der Waals surface area contributed by atoms with E-state index < -0.39 is 0 Å². The Morgan fingerprint density at radius 2 is 1.73 bits per heavy atom. The van der Waals surface area contributed by atoms with E-state index in [4.69, 9.17) is 11.6 Å². The van der Waals surface area contributed by atoms with Crippen LogP contribution in [0, 0.1) is 6.92 Å². The first-order valence-electron chi connectivity index (χ1n) is 4.57. The lowest BCUT2D eigenvalue weighted by Gasteiger charge is -2.04. The van der Waals surface area contributed by atoms with Crippen molar-refractivity contribution in [2.75, 3.05) is 5.32 Å². The Morgan fingerprint density at radius 1 is 1.00 bits per heavy atom. The Bertz CT molecular complexity index is 393. The number of rotatable bonds is 2. The first-order chi connectivity index (χ1) is 7.24. The van der Waals surface area contributed by atoms with E-state index in [9.17, 15) is 0 Å². The molecule has 2 rings (SSSR count). The number of hydrogen-bond donors (Lipinski definition) is 1. The molecule has 0 fully saturated rings. The van der Waals surface area contributed by atoms with E-state index in [-0.39, 0.29) is 0 Å². The van der Waals surface area contributed by atoms with Gasteiger partial charge in [0.1, 0.15) is 0 Å². The molecule has 0 aliphatic rings. The summed E-state index contributed by atoms with van der Waals surface area (Å²) in [4.78, 5) is 0. The summed E-state index contributed by atoms with van der Waals surface area (Å²) in [5.74, 6) is 0.725. The predicted molar refractivity (Wildman–Crippen MR) is 61.5 cm³/mol. The second-order valence-corrected chi connectivity index (χ2v) is 3.63. The van der Waals surface area contributed by atoms with E-state index in [2.05, 4.69) is 15.5 Å². The van der Waals surface area contributed by atoms with Gasteiger partial charge in [-0.05, 0) is 43.3 Å². The van der Waals surface area contributed by atoms with Crippen LogP contribution in [0.15, 0.2) is 36.4 Å². The molecule has 3 nitrogen and oxygen atoms in total. The molecular weight excluding hydrogens is 210 g/mol. The Balaban J connectivity index is 2.15. The molecular formula is C11H10ClN3. The van der Waals surface area contributed by atoms with E-state index in [0.717, 1.165) is 22.2 Å².